The van der Waals surface area contributed by atoms with E-state index in [2.05, 4.69) is 13.8 Å². The summed E-state index contributed by atoms with van der Waals surface area (Å²) in [4.78, 5) is 40.4. The molecule has 0 unspecified atom stereocenters. The van der Waals surface area contributed by atoms with Crippen LogP contribution in [0.4, 0.5) is 4.79 Å². The van der Waals surface area contributed by atoms with Gasteiger partial charge in [0.25, 0.3) is 11.1 Å². The fraction of sp³-hybridized carbons (Fsp3) is 0.500. The Morgan fingerprint density at radius 3 is 2.61 bits per heavy atom. The summed E-state index contributed by atoms with van der Waals surface area (Å²) in [7, 11) is 0. The molecule has 0 spiro atoms. The van der Waals surface area contributed by atoms with Crippen molar-refractivity contribution in [2.24, 2.45) is 5.92 Å². The van der Waals surface area contributed by atoms with Crippen molar-refractivity contribution in [2.75, 3.05) is 46.1 Å². The summed E-state index contributed by atoms with van der Waals surface area (Å²) in [6.45, 7) is 8.66. The zero-order chi connectivity index (χ0) is 22.4. The maximum atomic E-state index is 12.8. The van der Waals surface area contributed by atoms with Crippen molar-refractivity contribution in [1.29, 1.82) is 0 Å². The maximum Gasteiger partial charge on any atom is 0.294 e. The second kappa shape index (κ2) is 10.7. The lowest BCUT2D eigenvalue weighted by Gasteiger charge is -2.28. The van der Waals surface area contributed by atoms with Gasteiger partial charge in [-0.15, -0.1) is 0 Å². The van der Waals surface area contributed by atoms with Gasteiger partial charge < -0.3 is 19.1 Å². The van der Waals surface area contributed by atoms with Crippen LogP contribution in [0.15, 0.2) is 23.1 Å². The number of benzene rings is 1. The number of nitrogens with zero attached hydrogens (tertiary/aromatic N) is 2. The van der Waals surface area contributed by atoms with Crippen LogP contribution in [0.2, 0.25) is 0 Å². The Balaban J connectivity index is 1.72. The molecule has 9 heteroatoms. The van der Waals surface area contributed by atoms with E-state index in [4.69, 9.17) is 14.2 Å². The van der Waals surface area contributed by atoms with Crippen molar-refractivity contribution in [1.82, 2.24) is 9.80 Å². The lowest BCUT2D eigenvalue weighted by Crippen LogP contribution is -2.46. The molecule has 2 saturated heterocycles. The van der Waals surface area contributed by atoms with E-state index in [0.717, 1.165) is 16.7 Å². The van der Waals surface area contributed by atoms with E-state index in [-0.39, 0.29) is 17.4 Å². The molecule has 0 atom stereocenters. The molecule has 2 aliphatic rings. The Morgan fingerprint density at radius 2 is 1.94 bits per heavy atom. The first-order valence-electron chi connectivity index (χ1n) is 10.4. The summed E-state index contributed by atoms with van der Waals surface area (Å²) in [5, 5.41) is -0.445. The minimum Gasteiger partial charge on any atom is -0.490 e. The van der Waals surface area contributed by atoms with Crippen LogP contribution in [-0.2, 0) is 14.3 Å². The monoisotopic (exact) mass is 448 g/mol. The first-order valence-corrected chi connectivity index (χ1v) is 11.2. The highest BCUT2D eigenvalue weighted by molar-refractivity contribution is 8.18. The molecule has 2 aliphatic heterocycles. The summed E-state index contributed by atoms with van der Waals surface area (Å²) >= 11 is 0.834. The summed E-state index contributed by atoms with van der Waals surface area (Å²) in [6.07, 6.45) is 1.64. The first-order chi connectivity index (χ1) is 14.9. The Kier molecular flexibility index (Phi) is 7.97. The summed E-state index contributed by atoms with van der Waals surface area (Å²) in [5.41, 5.74) is 0.713. The van der Waals surface area contributed by atoms with Gasteiger partial charge in [0.05, 0.1) is 31.3 Å². The zero-order valence-electron chi connectivity index (χ0n) is 18.1. The zero-order valence-corrected chi connectivity index (χ0v) is 18.9. The van der Waals surface area contributed by atoms with Gasteiger partial charge in [0.2, 0.25) is 5.91 Å². The van der Waals surface area contributed by atoms with Gasteiger partial charge in [-0.3, -0.25) is 19.3 Å². The summed E-state index contributed by atoms with van der Waals surface area (Å²) < 4.78 is 16.7. The number of ether oxygens (including phenoxy) is 3. The van der Waals surface area contributed by atoms with Gasteiger partial charge >= 0.3 is 0 Å². The van der Waals surface area contributed by atoms with E-state index in [0.29, 0.717) is 62.5 Å². The number of thioether (sulfide) groups is 1. The van der Waals surface area contributed by atoms with Crippen molar-refractivity contribution < 1.29 is 28.6 Å². The maximum absolute atomic E-state index is 12.8. The molecule has 0 N–H and O–H groups in total. The van der Waals surface area contributed by atoms with Crippen LogP contribution in [0.25, 0.3) is 6.08 Å². The molecule has 0 aromatic heterocycles. The molecular weight excluding hydrogens is 420 g/mol. The van der Waals surface area contributed by atoms with Gasteiger partial charge in [-0.25, -0.2) is 0 Å². The predicted octanol–water partition coefficient (Wildman–Crippen LogP) is 3.02. The number of hydrogen-bond acceptors (Lipinski definition) is 7. The number of carbonyl (C=O) groups is 3. The quantitative estimate of drug-likeness (QED) is 0.565. The van der Waals surface area contributed by atoms with Gasteiger partial charge in [0.15, 0.2) is 11.5 Å². The molecule has 3 amide bonds. The van der Waals surface area contributed by atoms with Crippen molar-refractivity contribution in [3.63, 3.8) is 0 Å². The molecule has 0 bridgehead atoms. The van der Waals surface area contributed by atoms with Crippen molar-refractivity contribution in [2.45, 2.75) is 20.8 Å². The molecule has 1 aromatic rings. The highest BCUT2D eigenvalue weighted by Crippen LogP contribution is 2.34. The molecule has 8 nitrogen and oxygen atoms in total. The minimum absolute atomic E-state index is 0.253. The third-order valence-corrected chi connectivity index (χ3v) is 5.58. The summed E-state index contributed by atoms with van der Waals surface area (Å²) in [5.74, 6) is 0.878. The SMILES string of the molecule is CCOc1cc(/C=C2\SC(=O)N(CC(=O)N3CCOCC3)C2=O)ccc1OCC(C)C. The molecule has 0 aliphatic carbocycles. The molecule has 1 aromatic carbocycles. The van der Waals surface area contributed by atoms with Crippen LogP contribution in [-0.4, -0.2) is 72.9 Å². The fourth-order valence-electron chi connectivity index (χ4n) is 3.09. The molecular formula is C22H28N2O6S. The third-order valence-electron chi connectivity index (χ3n) is 4.67. The van der Waals surface area contributed by atoms with Gasteiger partial charge in [0, 0.05) is 13.1 Å². The average molecular weight is 449 g/mol. The lowest BCUT2D eigenvalue weighted by atomic mass is 10.1. The fourth-order valence-corrected chi connectivity index (χ4v) is 3.93. The molecule has 0 radical (unpaired) electrons. The van der Waals surface area contributed by atoms with Crippen LogP contribution in [0.5, 0.6) is 11.5 Å². The molecule has 2 fully saturated rings. The molecule has 168 valence electrons. The standard InChI is InChI=1S/C22H28N2O6S/c1-4-29-18-11-16(5-6-17(18)30-14-15(2)3)12-19-21(26)24(22(27)31-19)13-20(25)23-7-9-28-10-8-23/h5-6,11-12,15H,4,7-10,13-14H2,1-3H3/b19-12-. The Morgan fingerprint density at radius 1 is 1.19 bits per heavy atom. The first kappa shape index (κ1) is 23.1. The normalized spacial score (nSPS) is 18.3. The minimum atomic E-state index is -0.463. The van der Waals surface area contributed by atoms with Gasteiger partial charge in [0.1, 0.15) is 6.54 Å². The largest absolute Gasteiger partial charge is 0.490 e. The molecule has 2 heterocycles. The van der Waals surface area contributed by atoms with E-state index in [1.807, 2.05) is 13.0 Å². The molecule has 0 saturated carbocycles. The van der Waals surface area contributed by atoms with Crippen molar-refractivity contribution in [3.8, 4) is 11.5 Å². The highest BCUT2D eigenvalue weighted by atomic mass is 32.2. The van der Waals surface area contributed by atoms with Gasteiger partial charge in [-0.1, -0.05) is 19.9 Å². The topological polar surface area (TPSA) is 85.4 Å². The number of carbonyl (C=O) groups excluding carboxylic acids is 3. The second-order valence-corrected chi connectivity index (χ2v) is 8.60. The number of amides is 3. The molecule has 31 heavy (non-hydrogen) atoms. The summed E-state index contributed by atoms with van der Waals surface area (Å²) in [6, 6.07) is 5.39. The number of hydrogen-bond donors (Lipinski definition) is 0. The van der Waals surface area contributed by atoms with E-state index in [9.17, 15) is 14.4 Å². The Bertz CT molecular complexity index is 864. The predicted molar refractivity (Wildman–Crippen MR) is 118 cm³/mol. The van der Waals surface area contributed by atoms with Crippen LogP contribution in [0.3, 0.4) is 0 Å². The lowest BCUT2D eigenvalue weighted by molar-refractivity contribution is -0.139. The van der Waals surface area contributed by atoms with Crippen LogP contribution < -0.4 is 9.47 Å². The highest BCUT2D eigenvalue weighted by Gasteiger charge is 2.37. The van der Waals surface area contributed by atoms with E-state index in [1.54, 1.807) is 23.1 Å². The average Bonchev–Trinajstić information content (AvgIpc) is 3.01. The van der Waals surface area contributed by atoms with Crippen LogP contribution in [0.1, 0.15) is 26.3 Å². The molecule has 3 rings (SSSR count). The Labute approximate surface area is 186 Å². The van der Waals surface area contributed by atoms with Crippen LogP contribution in [0, 0.1) is 5.92 Å². The Hall–Kier alpha value is -2.52. The third kappa shape index (κ3) is 6.01. The van der Waals surface area contributed by atoms with E-state index < -0.39 is 11.1 Å². The number of morpholine rings is 1. The van der Waals surface area contributed by atoms with E-state index >= 15 is 0 Å². The number of rotatable bonds is 8. The van der Waals surface area contributed by atoms with Crippen molar-refractivity contribution >= 4 is 34.9 Å². The van der Waals surface area contributed by atoms with E-state index in [1.165, 1.54) is 0 Å². The van der Waals surface area contributed by atoms with Gasteiger partial charge in [-0.05, 0) is 48.4 Å². The second-order valence-electron chi connectivity index (χ2n) is 7.61. The van der Waals surface area contributed by atoms with Crippen LogP contribution >= 0.6 is 11.8 Å². The number of imide groups is 1. The smallest absolute Gasteiger partial charge is 0.294 e. The van der Waals surface area contributed by atoms with Crippen molar-refractivity contribution in [3.05, 3.63) is 28.7 Å². The van der Waals surface area contributed by atoms with Gasteiger partial charge in [-0.2, -0.15) is 0 Å².